The Kier molecular flexibility index (Phi) is 4.80. The fraction of sp³-hybridized carbons (Fsp3) is 0.769. The zero-order valence-corrected chi connectivity index (χ0v) is 11.7. The Hall–Kier alpha value is -0.610. The zero-order chi connectivity index (χ0) is 12.1. The van der Waals surface area contributed by atoms with Crippen molar-refractivity contribution >= 4 is 16.5 Å². The third-order valence-electron chi connectivity index (χ3n) is 3.39. The lowest BCUT2D eigenvalue weighted by molar-refractivity contribution is 0.434. The second kappa shape index (κ2) is 6.36. The predicted molar refractivity (Wildman–Crippen MR) is 74.8 cm³/mol. The average molecular weight is 253 g/mol. The first-order chi connectivity index (χ1) is 8.35. The molecule has 17 heavy (non-hydrogen) atoms. The number of rotatable bonds is 5. The number of anilines is 1. The highest BCUT2D eigenvalue weighted by Crippen LogP contribution is 2.30. The van der Waals surface area contributed by atoms with E-state index in [0.29, 0.717) is 0 Å². The molecule has 96 valence electrons. The van der Waals surface area contributed by atoms with Crippen LogP contribution < -0.4 is 10.2 Å². The van der Waals surface area contributed by atoms with E-state index in [0.717, 1.165) is 12.6 Å². The second-order valence-electron chi connectivity index (χ2n) is 4.77. The normalized spacial score (nSPS) is 20.8. The number of piperidine rings is 1. The molecule has 1 fully saturated rings. The van der Waals surface area contributed by atoms with E-state index in [1.165, 1.54) is 48.7 Å². The minimum Gasteiger partial charge on any atom is -0.345 e. The number of nitrogens with one attached hydrogen (secondary N) is 1. The molecular weight excluding hydrogens is 230 g/mol. The minimum atomic E-state index is 0.724. The highest BCUT2D eigenvalue weighted by Gasteiger charge is 2.23. The summed E-state index contributed by atoms with van der Waals surface area (Å²) in [7, 11) is 1.99. The van der Waals surface area contributed by atoms with Gasteiger partial charge in [0.1, 0.15) is 0 Å². The van der Waals surface area contributed by atoms with Gasteiger partial charge in [-0.3, -0.25) is 0 Å². The van der Waals surface area contributed by atoms with Crippen molar-refractivity contribution in [1.29, 1.82) is 0 Å². The summed E-state index contributed by atoms with van der Waals surface area (Å²) < 4.78 is 0. The first-order valence-corrected chi connectivity index (χ1v) is 7.52. The van der Waals surface area contributed by atoms with Crippen LogP contribution in [0.5, 0.6) is 0 Å². The van der Waals surface area contributed by atoms with Crippen LogP contribution in [-0.4, -0.2) is 24.6 Å². The van der Waals surface area contributed by atoms with E-state index in [2.05, 4.69) is 22.1 Å². The van der Waals surface area contributed by atoms with Crippen molar-refractivity contribution in [2.24, 2.45) is 0 Å². The molecule has 1 aliphatic heterocycles. The Morgan fingerprint density at radius 2 is 2.41 bits per heavy atom. The molecule has 2 heterocycles. The highest BCUT2D eigenvalue weighted by atomic mass is 32.1. The standard InChI is InChI=1S/C13H23N3S/c1-3-6-11-7-4-5-8-16(11)13-15-10-12(17-13)9-14-2/h10-11,14H,3-9H2,1-2H3. The number of aromatic nitrogens is 1. The molecule has 0 aromatic carbocycles. The summed E-state index contributed by atoms with van der Waals surface area (Å²) in [5.74, 6) is 0. The van der Waals surface area contributed by atoms with Crippen LogP contribution in [0.1, 0.15) is 43.9 Å². The molecule has 1 atom stereocenters. The smallest absolute Gasteiger partial charge is 0.185 e. The van der Waals surface area contributed by atoms with Gasteiger partial charge in [0.05, 0.1) is 0 Å². The molecule has 1 N–H and O–H groups in total. The largest absolute Gasteiger partial charge is 0.345 e. The molecule has 1 saturated heterocycles. The topological polar surface area (TPSA) is 28.2 Å². The summed E-state index contributed by atoms with van der Waals surface area (Å²) in [4.78, 5) is 8.47. The van der Waals surface area contributed by atoms with E-state index in [4.69, 9.17) is 0 Å². The van der Waals surface area contributed by atoms with Crippen LogP contribution >= 0.6 is 11.3 Å². The molecule has 0 saturated carbocycles. The first-order valence-electron chi connectivity index (χ1n) is 6.71. The SMILES string of the molecule is CCCC1CCCCN1c1ncc(CNC)s1. The van der Waals surface area contributed by atoms with Crippen molar-refractivity contribution in [3.63, 3.8) is 0 Å². The Bertz CT molecular complexity index is 335. The van der Waals surface area contributed by atoms with Gasteiger partial charge in [0.25, 0.3) is 0 Å². The predicted octanol–water partition coefficient (Wildman–Crippen LogP) is 3.02. The Morgan fingerprint density at radius 3 is 3.18 bits per heavy atom. The third-order valence-corrected chi connectivity index (χ3v) is 4.42. The van der Waals surface area contributed by atoms with Crippen LogP contribution in [0.15, 0.2) is 6.20 Å². The summed E-state index contributed by atoms with van der Waals surface area (Å²) in [5, 5.41) is 4.42. The molecule has 1 unspecified atom stereocenters. The molecule has 0 aliphatic carbocycles. The minimum absolute atomic E-state index is 0.724. The molecule has 1 aliphatic rings. The molecule has 0 amide bonds. The van der Waals surface area contributed by atoms with Crippen molar-refractivity contribution in [1.82, 2.24) is 10.3 Å². The average Bonchev–Trinajstić information content (AvgIpc) is 2.79. The van der Waals surface area contributed by atoms with Gasteiger partial charge >= 0.3 is 0 Å². The fourth-order valence-corrected chi connectivity index (χ4v) is 3.59. The van der Waals surface area contributed by atoms with Crippen molar-refractivity contribution in [2.45, 2.75) is 51.6 Å². The second-order valence-corrected chi connectivity index (χ2v) is 5.86. The van der Waals surface area contributed by atoms with Crippen molar-refractivity contribution in [3.05, 3.63) is 11.1 Å². The van der Waals surface area contributed by atoms with Crippen molar-refractivity contribution in [3.8, 4) is 0 Å². The van der Waals surface area contributed by atoms with Gasteiger partial charge in [-0.25, -0.2) is 4.98 Å². The summed E-state index contributed by atoms with van der Waals surface area (Å²) in [6.45, 7) is 4.40. The Labute approximate surface area is 108 Å². The van der Waals surface area contributed by atoms with Gasteiger partial charge in [-0.1, -0.05) is 13.3 Å². The van der Waals surface area contributed by atoms with Crippen LogP contribution in [0.25, 0.3) is 0 Å². The van der Waals surface area contributed by atoms with Crippen LogP contribution in [0.3, 0.4) is 0 Å². The van der Waals surface area contributed by atoms with Gasteiger partial charge in [0.15, 0.2) is 5.13 Å². The van der Waals surface area contributed by atoms with Gasteiger partial charge in [-0.2, -0.15) is 0 Å². The fourth-order valence-electron chi connectivity index (χ4n) is 2.57. The summed E-state index contributed by atoms with van der Waals surface area (Å²) in [5.41, 5.74) is 0. The molecule has 4 heteroatoms. The molecule has 0 radical (unpaired) electrons. The van der Waals surface area contributed by atoms with Crippen LogP contribution in [0.2, 0.25) is 0 Å². The van der Waals surface area contributed by atoms with Crippen molar-refractivity contribution < 1.29 is 0 Å². The van der Waals surface area contributed by atoms with Crippen molar-refractivity contribution in [2.75, 3.05) is 18.5 Å². The van der Waals surface area contributed by atoms with Gasteiger partial charge in [0.2, 0.25) is 0 Å². The number of hydrogen-bond donors (Lipinski definition) is 1. The van der Waals surface area contributed by atoms with Gasteiger partial charge < -0.3 is 10.2 Å². The molecule has 3 nitrogen and oxygen atoms in total. The molecular formula is C13H23N3S. The van der Waals surface area contributed by atoms with Gasteiger partial charge in [-0.15, -0.1) is 11.3 Å². The molecule has 0 spiro atoms. The molecule has 1 aromatic rings. The van der Waals surface area contributed by atoms with Gasteiger partial charge in [0, 0.05) is 30.2 Å². The van der Waals surface area contributed by atoms with E-state index in [-0.39, 0.29) is 0 Å². The maximum absolute atomic E-state index is 4.60. The van der Waals surface area contributed by atoms with Gasteiger partial charge in [-0.05, 0) is 32.7 Å². The van der Waals surface area contributed by atoms with E-state index in [1.54, 1.807) is 0 Å². The maximum Gasteiger partial charge on any atom is 0.185 e. The quantitative estimate of drug-likeness (QED) is 0.874. The first kappa shape index (κ1) is 12.8. The molecule has 1 aromatic heterocycles. The number of nitrogens with zero attached hydrogens (tertiary/aromatic N) is 2. The lowest BCUT2D eigenvalue weighted by Crippen LogP contribution is -2.39. The van der Waals surface area contributed by atoms with E-state index in [1.807, 2.05) is 24.6 Å². The highest BCUT2D eigenvalue weighted by molar-refractivity contribution is 7.15. The summed E-state index contributed by atoms with van der Waals surface area (Å²) in [6, 6.07) is 0.724. The van der Waals surface area contributed by atoms with Crippen LogP contribution in [-0.2, 0) is 6.54 Å². The van der Waals surface area contributed by atoms with E-state index >= 15 is 0 Å². The summed E-state index contributed by atoms with van der Waals surface area (Å²) >= 11 is 1.85. The lowest BCUT2D eigenvalue weighted by atomic mass is 9.99. The lowest BCUT2D eigenvalue weighted by Gasteiger charge is -2.35. The zero-order valence-electron chi connectivity index (χ0n) is 10.9. The van der Waals surface area contributed by atoms with E-state index < -0.39 is 0 Å². The Balaban J connectivity index is 2.06. The van der Waals surface area contributed by atoms with Crippen LogP contribution in [0, 0.1) is 0 Å². The van der Waals surface area contributed by atoms with Crippen LogP contribution in [0.4, 0.5) is 5.13 Å². The third kappa shape index (κ3) is 3.19. The number of hydrogen-bond acceptors (Lipinski definition) is 4. The Morgan fingerprint density at radius 1 is 1.53 bits per heavy atom. The molecule has 2 rings (SSSR count). The monoisotopic (exact) mass is 253 g/mol. The van der Waals surface area contributed by atoms with E-state index in [9.17, 15) is 0 Å². The number of thiazole rings is 1. The summed E-state index contributed by atoms with van der Waals surface area (Å²) in [6.07, 6.45) is 8.65. The maximum atomic E-state index is 4.60. The molecule has 0 bridgehead atoms.